The number of aliphatic imine (C=N–C) groups is 1. The van der Waals surface area contributed by atoms with Gasteiger partial charge in [0.25, 0.3) is 0 Å². The van der Waals surface area contributed by atoms with Gasteiger partial charge in [-0.25, -0.2) is 4.99 Å². The minimum Gasteiger partial charge on any atom is -0.369 e. The summed E-state index contributed by atoms with van der Waals surface area (Å²) >= 11 is 0. The Bertz CT molecular complexity index is 1010. The van der Waals surface area contributed by atoms with E-state index in [9.17, 15) is 4.79 Å². The molecular formula is C22H20N4O. The van der Waals surface area contributed by atoms with Crippen LogP contribution >= 0.6 is 0 Å². The number of hydrogen-bond donors (Lipinski definition) is 1. The topological polar surface area (TPSA) is 82.5 Å². The fourth-order valence-corrected chi connectivity index (χ4v) is 3.43. The molecule has 1 amide bonds. The first kappa shape index (κ1) is 18.2. The van der Waals surface area contributed by atoms with Gasteiger partial charge in [0.1, 0.15) is 0 Å². The number of nitriles is 1. The van der Waals surface area contributed by atoms with Crippen molar-refractivity contribution in [2.75, 3.05) is 7.05 Å². The molecular weight excluding hydrogens is 336 g/mol. The number of rotatable bonds is 3. The van der Waals surface area contributed by atoms with Crippen LogP contribution in [0.25, 0.3) is 11.1 Å². The molecule has 0 radical (unpaired) electrons. The maximum atomic E-state index is 12.8. The minimum absolute atomic E-state index is 0.139. The Morgan fingerprint density at radius 1 is 1.26 bits per heavy atom. The smallest absolute Gasteiger partial charge is 0.235 e. The number of carbonyl (C=O) groups is 1. The van der Waals surface area contributed by atoms with E-state index >= 15 is 0 Å². The molecule has 0 unspecified atom stereocenters. The number of nitrogens with zero attached hydrogens (tertiary/aromatic N) is 3. The third kappa shape index (κ3) is 3.16. The molecule has 2 aromatic rings. The SMILES string of the molecule is C#CC[C@@H]1C(=O)N(C)C(N)=N[C@]1(C)c1cccc(-c2cccc(C#N)c2)c1. The molecule has 134 valence electrons. The fourth-order valence-electron chi connectivity index (χ4n) is 3.43. The zero-order valence-electron chi connectivity index (χ0n) is 15.3. The first-order chi connectivity index (χ1) is 12.9. The molecule has 0 aliphatic carbocycles. The number of benzene rings is 2. The average molecular weight is 356 g/mol. The van der Waals surface area contributed by atoms with Crippen molar-refractivity contribution in [1.29, 1.82) is 5.26 Å². The van der Waals surface area contributed by atoms with Gasteiger partial charge in [0.2, 0.25) is 5.91 Å². The molecule has 2 aromatic carbocycles. The fraction of sp³-hybridized carbons (Fsp3) is 0.227. The predicted molar refractivity (Wildman–Crippen MR) is 105 cm³/mol. The minimum atomic E-state index is -0.858. The van der Waals surface area contributed by atoms with Gasteiger partial charge in [-0.1, -0.05) is 30.3 Å². The van der Waals surface area contributed by atoms with Gasteiger partial charge in [-0.15, -0.1) is 12.3 Å². The molecule has 0 saturated carbocycles. The molecule has 5 heteroatoms. The van der Waals surface area contributed by atoms with Crippen LogP contribution < -0.4 is 5.73 Å². The zero-order valence-corrected chi connectivity index (χ0v) is 15.3. The van der Waals surface area contributed by atoms with Crippen molar-refractivity contribution in [3.63, 3.8) is 0 Å². The number of hydrogen-bond acceptors (Lipinski definition) is 4. The maximum Gasteiger partial charge on any atom is 0.235 e. The van der Waals surface area contributed by atoms with Gasteiger partial charge in [0.15, 0.2) is 5.96 Å². The Hall–Kier alpha value is -3.57. The van der Waals surface area contributed by atoms with Crippen LogP contribution in [0.15, 0.2) is 53.5 Å². The van der Waals surface area contributed by atoms with Gasteiger partial charge in [-0.05, 0) is 41.8 Å². The summed E-state index contributed by atoms with van der Waals surface area (Å²) in [5.41, 5.74) is 8.44. The average Bonchev–Trinajstić information content (AvgIpc) is 2.70. The lowest BCUT2D eigenvalue weighted by Gasteiger charge is -2.40. The lowest BCUT2D eigenvalue weighted by Crippen LogP contribution is -2.53. The van der Waals surface area contributed by atoms with Crippen molar-refractivity contribution >= 4 is 11.9 Å². The molecule has 0 fully saturated rings. The van der Waals surface area contributed by atoms with E-state index in [1.807, 2.05) is 49.4 Å². The van der Waals surface area contributed by atoms with Crippen LogP contribution in [0.3, 0.4) is 0 Å². The first-order valence-corrected chi connectivity index (χ1v) is 8.58. The summed E-state index contributed by atoms with van der Waals surface area (Å²) in [6.45, 7) is 1.89. The van der Waals surface area contributed by atoms with Gasteiger partial charge in [0.05, 0.1) is 23.1 Å². The number of terminal acetylenes is 1. The van der Waals surface area contributed by atoms with E-state index in [4.69, 9.17) is 17.4 Å². The summed E-state index contributed by atoms with van der Waals surface area (Å²) in [4.78, 5) is 18.8. The Balaban J connectivity index is 2.13. The van der Waals surface area contributed by atoms with Gasteiger partial charge < -0.3 is 5.73 Å². The standard InChI is InChI=1S/C22H20N4O/c1-4-7-19-20(27)26(3)21(24)25-22(19,2)18-11-6-10-17(13-18)16-9-5-8-15(12-16)14-23/h1,5-6,8-13,19H,7H2,2-3H3,(H2,24,25)/t19-,22-/m1/s1. The van der Waals surface area contributed by atoms with Crippen molar-refractivity contribution < 1.29 is 4.79 Å². The second-order valence-corrected chi connectivity index (χ2v) is 6.75. The Labute approximate surface area is 159 Å². The molecule has 2 atom stereocenters. The van der Waals surface area contributed by atoms with Crippen LogP contribution in [0.4, 0.5) is 0 Å². The summed E-state index contributed by atoms with van der Waals surface area (Å²) in [6, 6.07) is 17.3. The van der Waals surface area contributed by atoms with Gasteiger partial charge in [-0.3, -0.25) is 9.69 Å². The van der Waals surface area contributed by atoms with Crippen LogP contribution in [0.1, 0.15) is 24.5 Å². The number of guanidine groups is 1. The summed E-state index contributed by atoms with van der Waals surface area (Å²) in [5, 5.41) is 9.14. The van der Waals surface area contributed by atoms with E-state index in [2.05, 4.69) is 17.0 Å². The molecule has 5 nitrogen and oxygen atoms in total. The van der Waals surface area contributed by atoms with Crippen molar-refractivity contribution in [3.05, 3.63) is 59.7 Å². The molecule has 0 saturated heterocycles. The van der Waals surface area contributed by atoms with E-state index in [0.29, 0.717) is 5.56 Å². The lowest BCUT2D eigenvalue weighted by molar-refractivity contribution is -0.133. The molecule has 27 heavy (non-hydrogen) atoms. The van der Waals surface area contributed by atoms with E-state index in [1.54, 1.807) is 13.1 Å². The van der Waals surface area contributed by atoms with E-state index in [-0.39, 0.29) is 18.3 Å². The summed E-state index contributed by atoms with van der Waals surface area (Å²) in [7, 11) is 1.61. The Kier molecular flexibility index (Phi) is 4.71. The van der Waals surface area contributed by atoms with Gasteiger partial charge >= 0.3 is 0 Å². The molecule has 0 bridgehead atoms. The van der Waals surface area contributed by atoms with Gasteiger partial charge in [-0.2, -0.15) is 5.26 Å². The predicted octanol–water partition coefficient (Wildman–Crippen LogP) is 2.87. The van der Waals surface area contributed by atoms with Crippen LogP contribution in [-0.2, 0) is 10.3 Å². The Morgan fingerprint density at radius 3 is 2.59 bits per heavy atom. The second kappa shape index (κ2) is 6.97. The molecule has 0 spiro atoms. The van der Waals surface area contributed by atoms with Crippen LogP contribution in [0, 0.1) is 29.6 Å². The number of amides is 1. The third-order valence-electron chi connectivity index (χ3n) is 5.09. The normalized spacial score (nSPS) is 21.9. The highest BCUT2D eigenvalue weighted by Crippen LogP contribution is 2.40. The monoisotopic (exact) mass is 356 g/mol. The van der Waals surface area contributed by atoms with E-state index < -0.39 is 11.5 Å². The van der Waals surface area contributed by atoms with Crippen molar-refractivity contribution in [1.82, 2.24) is 4.90 Å². The van der Waals surface area contributed by atoms with Crippen molar-refractivity contribution in [3.8, 4) is 29.5 Å². The molecule has 1 aliphatic rings. The molecule has 2 N–H and O–H groups in total. The maximum absolute atomic E-state index is 12.8. The van der Waals surface area contributed by atoms with Crippen LogP contribution in [0.5, 0.6) is 0 Å². The summed E-state index contributed by atoms with van der Waals surface area (Å²) in [5.74, 6) is 2.13. The van der Waals surface area contributed by atoms with E-state index in [1.165, 1.54) is 4.90 Å². The highest BCUT2D eigenvalue weighted by molar-refractivity contribution is 6.00. The second-order valence-electron chi connectivity index (χ2n) is 6.75. The zero-order chi connectivity index (χ0) is 19.6. The number of nitrogens with two attached hydrogens (primary N) is 1. The highest BCUT2D eigenvalue weighted by atomic mass is 16.2. The van der Waals surface area contributed by atoms with Gasteiger partial charge in [0, 0.05) is 13.5 Å². The van der Waals surface area contributed by atoms with Crippen molar-refractivity contribution in [2.24, 2.45) is 16.6 Å². The van der Waals surface area contributed by atoms with E-state index in [0.717, 1.165) is 16.7 Å². The molecule has 1 aliphatic heterocycles. The number of carbonyl (C=O) groups excluding carboxylic acids is 1. The summed E-state index contributed by atoms with van der Waals surface area (Å²) in [6.07, 6.45) is 5.79. The summed E-state index contributed by atoms with van der Waals surface area (Å²) < 4.78 is 0. The largest absolute Gasteiger partial charge is 0.369 e. The van der Waals surface area contributed by atoms with Crippen LogP contribution in [0.2, 0.25) is 0 Å². The lowest BCUT2D eigenvalue weighted by atomic mass is 9.76. The van der Waals surface area contributed by atoms with Crippen molar-refractivity contribution in [2.45, 2.75) is 18.9 Å². The highest BCUT2D eigenvalue weighted by Gasteiger charge is 2.45. The quantitative estimate of drug-likeness (QED) is 0.859. The molecule has 3 rings (SSSR count). The Morgan fingerprint density at radius 2 is 1.93 bits per heavy atom. The first-order valence-electron chi connectivity index (χ1n) is 8.58. The molecule has 1 heterocycles. The third-order valence-corrected chi connectivity index (χ3v) is 5.09. The van der Waals surface area contributed by atoms with Crippen LogP contribution in [-0.4, -0.2) is 23.8 Å². The molecule has 0 aromatic heterocycles.